The van der Waals surface area contributed by atoms with Crippen LogP contribution < -0.4 is 10.2 Å². The number of aliphatic carboxylic acids is 1. The zero-order valence-electron chi connectivity index (χ0n) is 15.4. The molecule has 0 aliphatic carbocycles. The van der Waals surface area contributed by atoms with Crippen LogP contribution in [0.4, 0.5) is 28.9 Å². The van der Waals surface area contributed by atoms with Crippen LogP contribution in [0.2, 0.25) is 0 Å². The monoisotopic (exact) mass is 412 g/mol. The molecule has 156 valence electrons. The first-order valence-electron chi connectivity index (χ1n) is 8.85. The maximum atomic E-state index is 12.9. The molecule has 2 N–H and O–H groups in total. The van der Waals surface area contributed by atoms with Crippen LogP contribution in [-0.2, 0) is 16.0 Å². The van der Waals surface area contributed by atoms with Crippen LogP contribution in [0, 0.1) is 5.82 Å². The molecule has 0 spiro atoms. The average molecular weight is 412 g/mol. The number of nitrogens with zero attached hydrogens (tertiary/aromatic N) is 1. The molecule has 1 amide bonds. The van der Waals surface area contributed by atoms with Crippen molar-refractivity contribution in [1.29, 1.82) is 0 Å². The van der Waals surface area contributed by atoms with E-state index in [9.17, 15) is 22.4 Å². The van der Waals surface area contributed by atoms with Gasteiger partial charge in [-0.15, -0.1) is 0 Å². The number of carboxylic acids is 1. The third kappa shape index (κ3) is 7.10. The van der Waals surface area contributed by atoms with Crippen molar-refractivity contribution < 1.29 is 32.3 Å². The van der Waals surface area contributed by atoms with Gasteiger partial charge in [0.05, 0.1) is 17.8 Å². The van der Waals surface area contributed by atoms with Crippen molar-refractivity contribution in [1.82, 2.24) is 0 Å². The number of carbonyl (C=O) groups is 2. The van der Waals surface area contributed by atoms with Gasteiger partial charge in [-0.25, -0.2) is 9.18 Å². The Balaban J connectivity index is 0.000000370. The Hall–Kier alpha value is -3.10. The summed E-state index contributed by atoms with van der Waals surface area (Å²) in [6.45, 7) is 2.07. The molecule has 29 heavy (non-hydrogen) atoms. The van der Waals surface area contributed by atoms with Gasteiger partial charge in [-0.2, -0.15) is 13.2 Å². The first kappa shape index (κ1) is 22.2. The van der Waals surface area contributed by atoms with Crippen molar-refractivity contribution in [3.63, 3.8) is 0 Å². The molecule has 0 atom stereocenters. The second-order valence-electron chi connectivity index (χ2n) is 6.37. The zero-order valence-corrected chi connectivity index (χ0v) is 15.4. The van der Waals surface area contributed by atoms with E-state index in [1.54, 1.807) is 12.1 Å². The van der Waals surface area contributed by atoms with Crippen molar-refractivity contribution in [2.24, 2.45) is 0 Å². The van der Waals surface area contributed by atoms with Crippen LogP contribution in [0.3, 0.4) is 0 Å². The van der Waals surface area contributed by atoms with E-state index in [4.69, 9.17) is 9.90 Å². The summed E-state index contributed by atoms with van der Waals surface area (Å²) >= 11 is 0. The highest BCUT2D eigenvalue weighted by Gasteiger charge is 2.38. The lowest BCUT2D eigenvalue weighted by molar-refractivity contribution is -0.192. The molecule has 1 heterocycles. The fourth-order valence-electron chi connectivity index (χ4n) is 2.80. The molecule has 3 rings (SSSR count). The van der Waals surface area contributed by atoms with Crippen molar-refractivity contribution in [2.45, 2.75) is 25.4 Å². The Bertz CT molecular complexity index is 832. The molecule has 9 heteroatoms. The van der Waals surface area contributed by atoms with E-state index in [-0.39, 0.29) is 18.1 Å². The Morgan fingerprint density at radius 2 is 1.55 bits per heavy atom. The van der Waals surface area contributed by atoms with Gasteiger partial charge in [0, 0.05) is 13.1 Å². The molecule has 0 saturated carbocycles. The maximum absolute atomic E-state index is 12.9. The van der Waals surface area contributed by atoms with Crippen LogP contribution in [0.15, 0.2) is 48.5 Å². The van der Waals surface area contributed by atoms with E-state index < -0.39 is 12.1 Å². The second kappa shape index (κ2) is 9.90. The minimum Gasteiger partial charge on any atom is -0.475 e. The normalized spacial score (nSPS) is 13.4. The number of amides is 1. The van der Waals surface area contributed by atoms with Crippen LogP contribution in [-0.4, -0.2) is 36.2 Å². The Kier molecular flexibility index (Phi) is 7.58. The average Bonchev–Trinajstić information content (AvgIpc) is 3.18. The lowest BCUT2D eigenvalue weighted by atomic mass is 10.1. The van der Waals surface area contributed by atoms with Gasteiger partial charge in [-0.3, -0.25) is 4.79 Å². The fourth-order valence-corrected chi connectivity index (χ4v) is 2.80. The molecule has 0 aromatic heterocycles. The number of hydrogen-bond donors (Lipinski definition) is 2. The van der Waals surface area contributed by atoms with Gasteiger partial charge in [-0.1, -0.05) is 24.3 Å². The highest BCUT2D eigenvalue weighted by molar-refractivity contribution is 5.95. The summed E-state index contributed by atoms with van der Waals surface area (Å²) in [5.74, 6) is -3.13. The van der Waals surface area contributed by atoms with Crippen molar-refractivity contribution in [2.75, 3.05) is 23.3 Å². The summed E-state index contributed by atoms with van der Waals surface area (Å²) in [7, 11) is 0. The number of rotatable bonds is 4. The van der Waals surface area contributed by atoms with E-state index in [0.29, 0.717) is 0 Å². The molecule has 0 unspecified atom stereocenters. The van der Waals surface area contributed by atoms with Crippen molar-refractivity contribution in [3.05, 3.63) is 59.9 Å². The highest BCUT2D eigenvalue weighted by Crippen LogP contribution is 2.28. The third-order valence-electron chi connectivity index (χ3n) is 4.15. The molecule has 0 radical (unpaired) electrons. The predicted molar refractivity (Wildman–Crippen MR) is 100 cm³/mol. The topological polar surface area (TPSA) is 69.6 Å². The van der Waals surface area contributed by atoms with Crippen molar-refractivity contribution >= 4 is 23.3 Å². The number of carboxylic acid groups (broad SMARTS) is 1. The molecule has 2 aromatic rings. The first-order chi connectivity index (χ1) is 13.7. The number of anilines is 2. The molecule has 1 fully saturated rings. The van der Waals surface area contributed by atoms with Gasteiger partial charge in [0.25, 0.3) is 0 Å². The standard InChI is InChI=1S/C18H19FN2O.C2HF3O2/c19-15-9-7-14(8-10-15)13-18(22)20-16-5-1-2-6-17(16)21-11-3-4-12-21;3-2(4,5)1(6)7/h1-2,5-10H,3-4,11-13H2,(H,20,22);(H,6,7). The molecule has 5 nitrogen and oxygen atoms in total. The molecular weight excluding hydrogens is 392 g/mol. The van der Waals surface area contributed by atoms with E-state index >= 15 is 0 Å². The largest absolute Gasteiger partial charge is 0.490 e. The Morgan fingerprint density at radius 3 is 2.10 bits per heavy atom. The van der Waals surface area contributed by atoms with Crippen molar-refractivity contribution in [3.8, 4) is 0 Å². The third-order valence-corrected chi connectivity index (χ3v) is 4.15. The summed E-state index contributed by atoms with van der Waals surface area (Å²) in [5.41, 5.74) is 2.72. The van der Waals surface area contributed by atoms with Gasteiger partial charge in [0.2, 0.25) is 5.91 Å². The van der Waals surface area contributed by atoms with Gasteiger partial charge in [0.1, 0.15) is 5.82 Å². The van der Waals surface area contributed by atoms with Crippen LogP contribution >= 0.6 is 0 Å². The van der Waals surface area contributed by atoms with Crippen LogP contribution in [0.1, 0.15) is 18.4 Å². The van der Waals surface area contributed by atoms with Gasteiger partial charge in [-0.05, 0) is 42.7 Å². The second-order valence-corrected chi connectivity index (χ2v) is 6.37. The highest BCUT2D eigenvalue weighted by atomic mass is 19.4. The number of para-hydroxylation sites is 2. The van der Waals surface area contributed by atoms with Gasteiger partial charge < -0.3 is 15.3 Å². The van der Waals surface area contributed by atoms with E-state index in [1.165, 1.54) is 25.0 Å². The number of halogens is 4. The van der Waals surface area contributed by atoms with E-state index in [1.807, 2.05) is 24.3 Å². The van der Waals surface area contributed by atoms with Crippen LogP contribution in [0.25, 0.3) is 0 Å². The molecule has 1 aliphatic rings. The zero-order chi connectivity index (χ0) is 21.4. The quantitative estimate of drug-likeness (QED) is 0.737. The molecule has 0 bridgehead atoms. The fraction of sp³-hybridized carbons (Fsp3) is 0.300. The molecular formula is C20H20F4N2O3. The smallest absolute Gasteiger partial charge is 0.475 e. The maximum Gasteiger partial charge on any atom is 0.490 e. The lowest BCUT2D eigenvalue weighted by Crippen LogP contribution is -2.21. The van der Waals surface area contributed by atoms with Gasteiger partial charge >= 0.3 is 12.1 Å². The van der Waals surface area contributed by atoms with Gasteiger partial charge in [0.15, 0.2) is 0 Å². The SMILES string of the molecule is O=C(Cc1ccc(F)cc1)Nc1ccccc1N1CCCC1.O=C(O)C(F)(F)F. The summed E-state index contributed by atoms with van der Waals surface area (Å²) < 4.78 is 44.6. The minimum absolute atomic E-state index is 0.0849. The summed E-state index contributed by atoms with van der Waals surface area (Å²) in [6.07, 6.45) is -2.45. The summed E-state index contributed by atoms with van der Waals surface area (Å²) in [4.78, 5) is 23.4. The first-order valence-corrected chi connectivity index (χ1v) is 8.85. The van der Waals surface area contributed by atoms with E-state index in [0.717, 1.165) is 30.0 Å². The number of benzene rings is 2. The molecule has 1 aliphatic heterocycles. The Labute approximate surface area is 164 Å². The summed E-state index contributed by atoms with van der Waals surface area (Å²) in [6, 6.07) is 13.9. The summed E-state index contributed by atoms with van der Waals surface area (Å²) in [5, 5.41) is 10.1. The number of hydrogen-bond acceptors (Lipinski definition) is 3. The minimum atomic E-state index is -5.08. The molecule has 1 saturated heterocycles. The number of alkyl halides is 3. The lowest BCUT2D eigenvalue weighted by Gasteiger charge is -2.21. The predicted octanol–water partition coefficient (Wildman–Crippen LogP) is 4.24. The van der Waals surface area contributed by atoms with Crippen LogP contribution in [0.5, 0.6) is 0 Å². The number of nitrogens with one attached hydrogen (secondary N) is 1. The molecule has 2 aromatic carbocycles. The number of carbonyl (C=O) groups excluding carboxylic acids is 1. The Morgan fingerprint density at radius 1 is 1.00 bits per heavy atom. The van der Waals surface area contributed by atoms with E-state index in [2.05, 4.69) is 10.2 Å².